The number of fused-ring (bicyclic) bond motifs is 2. The fourth-order valence-electron chi connectivity index (χ4n) is 2.94. The van der Waals surface area contributed by atoms with Gasteiger partial charge in [-0.1, -0.05) is 24.3 Å². The molecule has 0 spiro atoms. The van der Waals surface area contributed by atoms with Crippen LogP contribution < -0.4 is 20.0 Å². The van der Waals surface area contributed by atoms with E-state index < -0.39 is 23.8 Å². The maximum absolute atomic E-state index is 13.0. The molecule has 0 heterocycles. The van der Waals surface area contributed by atoms with Crippen LogP contribution in [0, 0.1) is 0 Å². The number of hydrogen-bond acceptors (Lipinski definition) is 6. The molecule has 0 aliphatic heterocycles. The van der Waals surface area contributed by atoms with Crippen LogP contribution in [-0.2, 0) is 0 Å². The molecule has 26 heavy (non-hydrogen) atoms. The second-order valence-electron chi connectivity index (χ2n) is 5.71. The molecule has 0 N–H and O–H groups in total. The third-order valence-electron chi connectivity index (χ3n) is 4.30. The Kier molecular flexibility index (Phi) is 3.96. The molecule has 0 bridgehead atoms. The number of anilines is 2. The predicted octanol–water partition coefficient (Wildman–Crippen LogP) is 0.0210. The molecule has 0 unspecified atom stereocenters. The van der Waals surface area contributed by atoms with Crippen molar-refractivity contribution in [2.45, 2.75) is 0 Å². The van der Waals surface area contributed by atoms with Gasteiger partial charge in [-0.15, -0.1) is 0 Å². The number of benzene rings is 2. The van der Waals surface area contributed by atoms with Crippen molar-refractivity contribution in [2.24, 2.45) is 0 Å². The summed E-state index contributed by atoms with van der Waals surface area (Å²) in [5.74, 6) is -1.15. The van der Waals surface area contributed by atoms with Crippen molar-refractivity contribution in [3.05, 3.63) is 58.7 Å². The molecule has 132 valence electrons. The third-order valence-corrected chi connectivity index (χ3v) is 4.30. The molecule has 0 fully saturated rings. The van der Waals surface area contributed by atoms with E-state index in [1.54, 1.807) is 12.1 Å². The number of nitrogens with zero attached hydrogens (tertiary/aromatic N) is 2. The first-order valence-electron chi connectivity index (χ1n) is 7.50. The highest BCUT2D eigenvalue weighted by atomic mass is 16.4. The fourth-order valence-corrected chi connectivity index (χ4v) is 2.94. The zero-order valence-electron chi connectivity index (χ0n) is 13.8. The van der Waals surface area contributed by atoms with Gasteiger partial charge in [0.25, 0.3) is 0 Å². The minimum Gasteiger partial charge on any atom is -0.530 e. The summed E-state index contributed by atoms with van der Waals surface area (Å²) in [6.45, 7) is 0. The lowest BCUT2D eigenvalue weighted by Crippen LogP contribution is -2.41. The van der Waals surface area contributed by atoms with E-state index in [9.17, 15) is 29.4 Å². The Morgan fingerprint density at radius 3 is 1.38 bits per heavy atom. The quantitative estimate of drug-likeness (QED) is 0.641. The monoisotopic (exact) mass is 352 g/mol. The van der Waals surface area contributed by atoms with Gasteiger partial charge in [-0.2, -0.15) is 0 Å². The summed E-state index contributed by atoms with van der Waals surface area (Å²) in [7, 11) is 2.34. The number of carbonyl (C=O) groups excluding carboxylic acids is 4. The van der Waals surface area contributed by atoms with Crippen LogP contribution in [-0.4, -0.2) is 37.8 Å². The van der Waals surface area contributed by atoms with Gasteiger partial charge >= 0.3 is 0 Å². The Labute approximate surface area is 147 Å². The van der Waals surface area contributed by atoms with Crippen LogP contribution >= 0.6 is 0 Å². The molecule has 1 aliphatic carbocycles. The Morgan fingerprint density at radius 1 is 0.731 bits per heavy atom. The van der Waals surface area contributed by atoms with E-state index in [1.807, 2.05) is 0 Å². The SMILES string of the molecule is CN(C(=O)[O-])c1ccc(N(C)C(=O)[O-])c2c1C(=O)c1ccccc1C2=O. The van der Waals surface area contributed by atoms with Crippen LogP contribution in [0.2, 0.25) is 0 Å². The van der Waals surface area contributed by atoms with E-state index in [-0.39, 0.29) is 33.6 Å². The predicted molar refractivity (Wildman–Crippen MR) is 87.3 cm³/mol. The largest absolute Gasteiger partial charge is 0.530 e. The molecule has 0 saturated carbocycles. The zero-order chi connectivity index (χ0) is 19.2. The lowest BCUT2D eigenvalue weighted by molar-refractivity contribution is -0.247. The fraction of sp³-hybridized carbons (Fsp3) is 0.111. The summed E-state index contributed by atoms with van der Waals surface area (Å²) in [5.41, 5.74) is -0.277. The van der Waals surface area contributed by atoms with E-state index in [1.165, 1.54) is 38.4 Å². The molecule has 0 aromatic heterocycles. The van der Waals surface area contributed by atoms with Gasteiger partial charge in [0.1, 0.15) is 12.2 Å². The van der Waals surface area contributed by atoms with Gasteiger partial charge in [0.2, 0.25) is 0 Å². The van der Waals surface area contributed by atoms with Crippen LogP contribution in [0.25, 0.3) is 0 Å². The van der Waals surface area contributed by atoms with Crippen LogP contribution in [0.3, 0.4) is 0 Å². The molecule has 0 radical (unpaired) electrons. The van der Waals surface area contributed by atoms with Crippen LogP contribution in [0.15, 0.2) is 36.4 Å². The normalized spacial score (nSPS) is 12.2. The average molecular weight is 352 g/mol. The van der Waals surface area contributed by atoms with Crippen molar-refractivity contribution in [2.75, 3.05) is 23.9 Å². The first-order valence-corrected chi connectivity index (χ1v) is 7.50. The molecule has 2 aromatic carbocycles. The van der Waals surface area contributed by atoms with E-state index in [2.05, 4.69) is 0 Å². The van der Waals surface area contributed by atoms with Gasteiger partial charge in [0.05, 0.1) is 22.5 Å². The van der Waals surface area contributed by atoms with Crippen LogP contribution in [0.4, 0.5) is 21.0 Å². The summed E-state index contributed by atoms with van der Waals surface area (Å²) in [6.07, 6.45) is -3.15. The van der Waals surface area contributed by atoms with Crippen molar-refractivity contribution in [1.82, 2.24) is 0 Å². The topological polar surface area (TPSA) is 121 Å². The van der Waals surface area contributed by atoms with E-state index in [0.29, 0.717) is 9.80 Å². The van der Waals surface area contributed by atoms with E-state index in [0.717, 1.165) is 0 Å². The number of amides is 2. The van der Waals surface area contributed by atoms with Gasteiger partial charge in [0, 0.05) is 25.2 Å². The maximum Gasteiger partial charge on any atom is 0.196 e. The molecule has 3 rings (SSSR count). The molecule has 0 atom stereocenters. The molecule has 8 heteroatoms. The Balaban J connectivity index is 2.38. The minimum absolute atomic E-state index is 0.0663. The minimum atomic E-state index is -1.58. The summed E-state index contributed by atoms with van der Waals surface area (Å²) >= 11 is 0. The van der Waals surface area contributed by atoms with Crippen molar-refractivity contribution in [3.63, 3.8) is 0 Å². The third kappa shape index (κ3) is 2.39. The molecular formula is C18H12N2O6-2. The molecular weight excluding hydrogens is 340 g/mol. The molecule has 2 aromatic rings. The maximum atomic E-state index is 13.0. The van der Waals surface area contributed by atoms with Crippen molar-refractivity contribution >= 4 is 35.1 Å². The number of rotatable bonds is 2. The van der Waals surface area contributed by atoms with Crippen molar-refractivity contribution in [3.8, 4) is 0 Å². The Hall–Kier alpha value is -3.68. The molecule has 2 amide bonds. The smallest absolute Gasteiger partial charge is 0.196 e. The number of ketones is 2. The summed E-state index contributed by atoms with van der Waals surface area (Å²) < 4.78 is 0. The van der Waals surface area contributed by atoms with Gasteiger partial charge in [-0.05, 0) is 12.1 Å². The van der Waals surface area contributed by atoms with Crippen molar-refractivity contribution < 1.29 is 29.4 Å². The summed E-state index contributed by atoms with van der Waals surface area (Å²) in [5, 5.41) is 22.5. The van der Waals surface area contributed by atoms with Gasteiger partial charge in [0.15, 0.2) is 11.6 Å². The second kappa shape index (κ2) is 5.99. The standard InChI is InChI=1S/C18H14N2O6/c1-19(17(23)24)11-7-8-12(20(2)18(25)26)14-13(11)15(21)9-5-3-4-6-10(9)16(14)22/h3-8H,1-2H3,(H,23,24)(H,25,26)/p-2. The van der Waals surface area contributed by atoms with Crippen LogP contribution in [0.1, 0.15) is 31.8 Å². The summed E-state index contributed by atoms with van der Waals surface area (Å²) in [6, 6.07) is 8.57. The van der Waals surface area contributed by atoms with E-state index >= 15 is 0 Å². The Morgan fingerprint density at radius 2 is 1.08 bits per heavy atom. The first kappa shape index (κ1) is 17.2. The highest BCUT2D eigenvalue weighted by Gasteiger charge is 2.35. The van der Waals surface area contributed by atoms with E-state index in [4.69, 9.17) is 0 Å². The second-order valence-corrected chi connectivity index (χ2v) is 5.71. The number of carboxylic acid groups (broad SMARTS) is 2. The highest BCUT2D eigenvalue weighted by molar-refractivity contribution is 6.32. The molecule has 8 nitrogen and oxygen atoms in total. The van der Waals surface area contributed by atoms with Crippen molar-refractivity contribution in [1.29, 1.82) is 0 Å². The van der Waals surface area contributed by atoms with Crippen LogP contribution in [0.5, 0.6) is 0 Å². The summed E-state index contributed by atoms with van der Waals surface area (Å²) in [4.78, 5) is 49.8. The van der Waals surface area contributed by atoms with Gasteiger partial charge in [-0.3, -0.25) is 9.59 Å². The van der Waals surface area contributed by atoms with Gasteiger partial charge < -0.3 is 29.6 Å². The lowest BCUT2D eigenvalue weighted by Gasteiger charge is -2.30. The zero-order valence-corrected chi connectivity index (χ0v) is 13.8. The molecule has 0 saturated heterocycles. The lowest BCUT2D eigenvalue weighted by atomic mass is 9.82. The van der Waals surface area contributed by atoms with Gasteiger partial charge in [-0.25, -0.2) is 0 Å². The number of carbonyl (C=O) groups is 4. The Bertz CT molecular complexity index is 904. The average Bonchev–Trinajstić information content (AvgIpc) is 2.63. The first-order chi connectivity index (χ1) is 12.3. The highest BCUT2D eigenvalue weighted by Crippen LogP contribution is 2.38. The molecule has 1 aliphatic rings. The number of hydrogen-bond donors (Lipinski definition) is 0.